The molecule has 17 heavy (non-hydrogen) atoms. The molecule has 0 spiro atoms. The summed E-state index contributed by atoms with van der Waals surface area (Å²) in [5.74, 6) is 0.119. The zero-order valence-corrected chi connectivity index (χ0v) is 10.1. The Hall–Kier alpha value is -1.40. The molecule has 5 nitrogen and oxygen atoms in total. The Morgan fingerprint density at radius 1 is 1.06 bits per heavy atom. The van der Waals surface area contributed by atoms with Crippen LogP contribution in [0.25, 0.3) is 0 Å². The van der Waals surface area contributed by atoms with Gasteiger partial charge in [-0.15, -0.1) is 0 Å². The van der Waals surface area contributed by atoms with Crippen molar-refractivity contribution in [2.24, 2.45) is 0 Å². The smallest absolute Gasteiger partial charge is 0.243 e. The Labute approximate surface area is 100 Å². The monoisotopic (exact) mass is 254 g/mol. The van der Waals surface area contributed by atoms with Crippen LogP contribution in [0.5, 0.6) is 0 Å². The maximum Gasteiger partial charge on any atom is 0.243 e. The second-order valence-corrected chi connectivity index (χ2v) is 5.95. The van der Waals surface area contributed by atoms with Crippen LogP contribution in [0.15, 0.2) is 29.2 Å². The summed E-state index contributed by atoms with van der Waals surface area (Å²) in [5.41, 5.74) is 6.04. The third kappa shape index (κ3) is 2.48. The Morgan fingerprint density at radius 2 is 1.59 bits per heavy atom. The normalized spacial score (nSPS) is 18.2. The van der Waals surface area contributed by atoms with Crippen LogP contribution in [0.4, 0.5) is 5.69 Å². The van der Waals surface area contributed by atoms with E-state index in [0.29, 0.717) is 18.5 Å². The Morgan fingerprint density at radius 3 is 2.12 bits per heavy atom. The lowest BCUT2D eigenvalue weighted by Gasteiger charge is -2.25. The first-order valence-corrected chi connectivity index (χ1v) is 6.81. The van der Waals surface area contributed by atoms with Crippen molar-refractivity contribution in [1.82, 2.24) is 4.31 Å². The topological polar surface area (TPSA) is 80.5 Å². The summed E-state index contributed by atoms with van der Waals surface area (Å²) in [7, 11) is -3.48. The van der Waals surface area contributed by atoms with E-state index in [-0.39, 0.29) is 23.8 Å². The van der Waals surface area contributed by atoms with E-state index in [4.69, 9.17) is 5.73 Å². The zero-order valence-electron chi connectivity index (χ0n) is 9.30. The molecule has 0 aliphatic carbocycles. The predicted molar refractivity (Wildman–Crippen MR) is 63.9 cm³/mol. The number of nitrogens with zero attached hydrogens (tertiary/aromatic N) is 1. The maximum absolute atomic E-state index is 12.2. The molecule has 2 rings (SSSR count). The van der Waals surface area contributed by atoms with Crippen LogP contribution in [0.3, 0.4) is 0 Å². The van der Waals surface area contributed by atoms with Crippen LogP contribution >= 0.6 is 0 Å². The molecule has 0 amide bonds. The summed E-state index contributed by atoms with van der Waals surface area (Å²) in [6, 6.07) is 6.09. The molecule has 0 saturated carbocycles. The van der Waals surface area contributed by atoms with Gasteiger partial charge in [0.15, 0.2) is 0 Å². The molecule has 0 atom stereocenters. The number of rotatable bonds is 2. The van der Waals surface area contributed by atoms with Crippen molar-refractivity contribution < 1.29 is 13.2 Å². The molecule has 92 valence electrons. The van der Waals surface area contributed by atoms with Gasteiger partial charge in [-0.3, -0.25) is 4.79 Å². The average Bonchev–Trinajstić information content (AvgIpc) is 2.30. The van der Waals surface area contributed by atoms with Gasteiger partial charge in [-0.25, -0.2) is 8.42 Å². The summed E-state index contributed by atoms with van der Waals surface area (Å²) in [5, 5.41) is 0. The quantitative estimate of drug-likeness (QED) is 0.785. The third-order valence-corrected chi connectivity index (χ3v) is 4.71. The van der Waals surface area contributed by atoms with Crippen LogP contribution < -0.4 is 5.73 Å². The molecule has 0 radical (unpaired) electrons. The highest BCUT2D eigenvalue weighted by Crippen LogP contribution is 2.20. The zero-order chi connectivity index (χ0) is 12.5. The summed E-state index contributed by atoms with van der Waals surface area (Å²) < 4.78 is 25.7. The number of hydrogen-bond acceptors (Lipinski definition) is 4. The number of carbonyl (C=O) groups is 1. The fourth-order valence-corrected chi connectivity index (χ4v) is 3.21. The second-order valence-electron chi connectivity index (χ2n) is 4.01. The number of nitrogens with two attached hydrogens (primary N) is 1. The van der Waals surface area contributed by atoms with Crippen molar-refractivity contribution in [3.05, 3.63) is 24.3 Å². The summed E-state index contributed by atoms with van der Waals surface area (Å²) in [4.78, 5) is 11.3. The van der Waals surface area contributed by atoms with E-state index in [2.05, 4.69) is 0 Å². The fraction of sp³-hybridized carbons (Fsp3) is 0.364. The van der Waals surface area contributed by atoms with Gasteiger partial charge in [-0.05, 0) is 24.3 Å². The predicted octanol–water partition coefficient (Wildman–Crippen LogP) is 0.622. The van der Waals surface area contributed by atoms with Crippen LogP contribution in [0, 0.1) is 0 Å². The Kier molecular flexibility index (Phi) is 3.17. The molecule has 1 aromatic rings. The van der Waals surface area contributed by atoms with Crippen LogP contribution in [0.1, 0.15) is 12.8 Å². The molecule has 1 heterocycles. The number of Topliss-reactive ketones (excluding diaryl/α,β-unsaturated/α-hetero) is 1. The second kappa shape index (κ2) is 4.46. The number of carbonyl (C=O) groups excluding carboxylic acids is 1. The fourth-order valence-electron chi connectivity index (χ4n) is 1.76. The van der Waals surface area contributed by atoms with Crippen LogP contribution in [0.2, 0.25) is 0 Å². The number of piperidine rings is 1. The van der Waals surface area contributed by atoms with E-state index in [1.54, 1.807) is 12.1 Å². The highest BCUT2D eigenvalue weighted by molar-refractivity contribution is 7.89. The van der Waals surface area contributed by atoms with E-state index in [1.165, 1.54) is 16.4 Å². The minimum Gasteiger partial charge on any atom is -0.399 e. The van der Waals surface area contributed by atoms with Gasteiger partial charge in [-0.2, -0.15) is 4.31 Å². The molecular formula is C11H14N2O3S. The van der Waals surface area contributed by atoms with Gasteiger partial charge in [0.25, 0.3) is 0 Å². The number of hydrogen-bond donors (Lipinski definition) is 1. The summed E-state index contributed by atoms with van der Waals surface area (Å²) in [6.45, 7) is 0.539. The molecular weight excluding hydrogens is 240 g/mol. The molecule has 0 unspecified atom stereocenters. The first-order valence-electron chi connectivity index (χ1n) is 5.37. The molecule has 1 aliphatic rings. The van der Waals surface area contributed by atoms with Gasteiger partial charge in [0, 0.05) is 31.6 Å². The first kappa shape index (κ1) is 12.1. The number of nitrogen functional groups attached to an aromatic ring is 1. The maximum atomic E-state index is 12.2. The van der Waals surface area contributed by atoms with Crippen LogP contribution in [-0.2, 0) is 14.8 Å². The summed E-state index contributed by atoms with van der Waals surface area (Å²) in [6.07, 6.45) is 0.600. The molecule has 1 fully saturated rings. The van der Waals surface area contributed by atoms with Gasteiger partial charge in [-0.1, -0.05) is 0 Å². The van der Waals surface area contributed by atoms with E-state index in [0.717, 1.165) is 0 Å². The minimum absolute atomic E-state index is 0.119. The Balaban J connectivity index is 2.24. The van der Waals surface area contributed by atoms with Crippen molar-refractivity contribution in [2.45, 2.75) is 17.7 Å². The number of sulfonamides is 1. The van der Waals surface area contributed by atoms with E-state index in [1.807, 2.05) is 0 Å². The first-order chi connectivity index (χ1) is 8.00. The van der Waals surface area contributed by atoms with Crippen LogP contribution in [-0.4, -0.2) is 31.6 Å². The van der Waals surface area contributed by atoms with E-state index >= 15 is 0 Å². The molecule has 6 heteroatoms. The lowest BCUT2D eigenvalue weighted by atomic mass is 10.1. The van der Waals surface area contributed by atoms with Crippen molar-refractivity contribution in [1.29, 1.82) is 0 Å². The average molecular weight is 254 g/mol. The SMILES string of the molecule is Nc1ccc(S(=O)(=O)N2CCC(=O)CC2)cc1. The van der Waals surface area contributed by atoms with Gasteiger partial charge in [0.2, 0.25) is 10.0 Å². The molecule has 2 N–H and O–H groups in total. The van der Waals surface area contributed by atoms with Crippen molar-refractivity contribution in [3.63, 3.8) is 0 Å². The number of benzene rings is 1. The minimum atomic E-state index is -3.48. The van der Waals surface area contributed by atoms with Crippen molar-refractivity contribution >= 4 is 21.5 Å². The molecule has 0 bridgehead atoms. The molecule has 0 aromatic heterocycles. The molecule has 1 aliphatic heterocycles. The number of anilines is 1. The number of ketones is 1. The lowest BCUT2D eigenvalue weighted by molar-refractivity contribution is -0.120. The third-order valence-electron chi connectivity index (χ3n) is 2.80. The standard InChI is InChI=1S/C11H14N2O3S/c12-9-1-3-11(4-2-9)17(15,16)13-7-5-10(14)6-8-13/h1-4H,5-8,12H2. The van der Waals surface area contributed by atoms with E-state index in [9.17, 15) is 13.2 Å². The lowest BCUT2D eigenvalue weighted by Crippen LogP contribution is -2.38. The Bertz CT molecular complexity index is 512. The van der Waals surface area contributed by atoms with Gasteiger partial charge in [0.1, 0.15) is 5.78 Å². The molecule has 1 aromatic carbocycles. The van der Waals surface area contributed by atoms with Gasteiger partial charge < -0.3 is 5.73 Å². The van der Waals surface area contributed by atoms with Gasteiger partial charge in [0.05, 0.1) is 4.90 Å². The highest BCUT2D eigenvalue weighted by Gasteiger charge is 2.28. The highest BCUT2D eigenvalue weighted by atomic mass is 32.2. The van der Waals surface area contributed by atoms with Crippen molar-refractivity contribution in [3.8, 4) is 0 Å². The van der Waals surface area contributed by atoms with E-state index < -0.39 is 10.0 Å². The molecule has 1 saturated heterocycles. The largest absolute Gasteiger partial charge is 0.399 e. The van der Waals surface area contributed by atoms with Gasteiger partial charge >= 0.3 is 0 Å². The summed E-state index contributed by atoms with van der Waals surface area (Å²) >= 11 is 0. The van der Waals surface area contributed by atoms with Crippen molar-refractivity contribution in [2.75, 3.05) is 18.8 Å².